The molecule has 88 valence electrons. The number of carboxylic acids is 1. The number of aliphatic carboxylic acids is 1. The zero-order valence-corrected chi connectivity index (χ0v) is 8.88. The quantitative estimate of drug-likeness (QED) is 0.608. The number of primary amides is 1. The van der Waals surface area contributed by atoms with E-state index in [1.54, 1.807) is 0 Å². The van der Waals surface area contributed by atoms with Crippen LogP contribution < -0.4 is 5.73 Å². The van der Waals surface area contributed by atoms with E-state index < -0.39 is 12.1 Å². The van der Waals surface area contributed by atoms with Crippen molar-refractivity contribution in [3.63, 3.8) is 0 Å². The second-order valence-electron chi connectivity index (χ2n) is 2.53. The van der Waals surface area contributed by atoms with Gasteiger partial charge in [0.2, 0.25) is 5.16 Å². The summed E-state index contributed by atoms with van der Waals surface area (Å²) in [4.78, 5) is 20.6. The summed E-state index contributed by atoms with van der Waals surface area (Å²) in [6, 6.07) is 0. The summed E-state index contributed by atoms with van der Waals surface area (Å²) < 4.78 is 5.82. The molecule has 1 rings (SSSR count). The molecule has 10 heteroatoms. The highest BCUT2D eigenvalue weighted by atomic mass is 32.2. The molecule has 0 aliphatic rings. The Morgan fingerprint density at radius 2 is 2.31 bits per heavy atom. The van der Waals surface area contributed by atoms with Gasteiger partial charge in [-0.05, 0) is 10.4 Å². The van der Waals surface area contributed by atoms with Crippen LogP contribution in [-0.4, -0.2) is 49.7 Å². The van der Waals surface area contributed by atoms with Crippen LogP contribution in [0.4, 0.5) is 4.79 Å². The van der Waals surface area contributed by atoms with Crippen LogP contribution in [0.15, 0.2) is 5.16 Å². The van der Waals surface area contributed by atoms with E-state index in [1.165, 1.54) is 4.68 Å². The minimum Gasteiger partial charge on any atom is -0.481 e. The molecule has 0 fully saturated rings. The molecule has 3 N–H and O–H groups in total. The summed E-state index contributed by atoms with van der Waals surface area (Å²) in [7, 11) is 0. The van der Waals surface area contributed by atoms with Gasteiger partial charge in [-0.15, -0.1) is 5.10 Å². The maximum Gasteiger partial charge on any atom is 0.404 e. The molecule has 1 aromatic heterocycles. The summed E-state index contributed by atoms with van der Waals surface area (Å²) in [5.74, 6) is -1.11. The van der Waals surface area contributed by atoms with Gasteiger partial charge in [0, 0.05) is 0 Å². The van der Waals surface area contributed by atoms with Crippen LogP contribution in [0.3, 0.4) is 0 Å². The van der Waals surface area contributed by atoms with Crippen molar-refractivity contribution < 1.29 is 19.4 Å². The SMILES string of the molecule is NC(=O)OCCn1nnnc1SCC(=O)O. The smallest absolute Gasteiger partial charge is 0.404 e. The van der Waals surface area contributed by atoms with Crippen LogP contribution in [-0.2, 0) is 16.1 Å². The van der Waals surface area contributed by atoms with Crippen molar-refractivity contribution >= 4 is 23.8 Å². The third-order valence-electron chi connectivity index (χ3n) is 1.37. The van der Waals surface area contributed by atoms with Crippen molar-refractivity contribution in [1.82, 2.24) is 20.2 Å². The number of nitrogens with two attached hydrogens (primary N) is 1. The van der Waals surface area contributed by atoms with E-state index in [-0.39, 0.29) is 18.9 Å². The molecule has 0 saturated heterocycles. The number of aromatic nitrogens is 4. The molecule has 1 heterocycles. The number of rotatable bonds is 6. The van der Waals surface area contributed by atoms with Crippen LogP contribution in [0, 0.1) is 0 Å². The zero-order chi connectivity index (χ0) is 12.0. The number of thioether (sulfide) groups is 1. The third kappa shape index (κ3) is 4.13. The molecule has 0 aromatic carbocycles. The Morgan fingerprint density at radius 3 is 2.94 bits per heavy atom. The topological polar surface area (TPSA) is 133 Å². The minimum absolute atomic E-state index is 0.0288. The summed E-state index contributed by atoms with van der Waals surface area (Å²) in [6.45, 7) is 0.249. The number of hydrogen-bond donors (Lipinski definition) is 2. The number of carboxylic acid groups (broad SMARTS) is 1. The van der Waals surface area contributed by atoms with Crippen LogP contribution in [0.1, 0.15) is 0 Å². The highest BCUT2D eigenvalue weighted by Crippen LogP contribution is 2.12. The van der Waals surface area contributed by atoms with E-state index in [9.17, 15) is 9.59 Å². The van der Waals surface area contributed by atoms with Crippen LogP contribution >= 0.6 is 11.8 Å². The Bertz CT molecular complexity index is 381. The molecule has 1 aromatic rings. The van der Waals surface area contributed by atoms with E-state index in [2.05, 4.69) is 20.3 Å². The van der Waals surface area contributed by atoms with E-state index in [0.29, 0.717) is 5.16 Å². The van der Waals surface area contributed by atoms with E-state index in [0.717, 1.165) is 11.8 Å². The average molecular weight is 247 g/mol. The number of carbonyl (C=O) groups excluding carboxylic acids is 1. The molecule has 0 unspecified atom stereocenters. The molecule has 0 bridgehead atoms. The molecule has 0 aliphatic carbocycles. The number of amides is 1. The molecule has 0 aliphatic heterocycles. The number of tetrazole rings is 1. The van der Waals surface area contributed by atoms with Crippen molar-refractivity contribution in [3.05, 3.63) is 0 Å². The monoisotopic (exact) mass is 247 g/mol. The summed E-state index contributed by atoms with van der Waals surface area (Å²) in [6.07, 6.45) is -0.882. The Labute approximate surface area is 93.9 Å². The minimum atomic E-state index is -0.965. The van der Waals surface area contributed by atoms with Gasteiger partial charge in [-0.2, -0.15) is 0 Å². The highest BCUT2D eigenvalue weighted by Gasteiger charge is 2.09. The predicted octanol–water partition coefficient (Wildman–Crippen LogP) is -1.05. The predicted molar refractivity (Wildman–Crippen MR) is 51.7 cm³/mol. The Morgan fingerprint density at radius 1 is 1.56 bits per heavy atom. The van der Waals surface area contributed by atoms with Gasteiger partial charge in [-0.25, -0.2) is 9.48 Å². The van der Waals surface area contributed by atoms with E-state index >= 15 is 0 Å². The van der Waals surface area contributed by atoms with Gasteiger partial charge in [-0.3, -0.25) is 4.79 Å². The van der Waals surface area contributed by atoms with Crippen LogP contribution in [0.5, 0.6) is 0 Å². The largest absolute Gasteiger partial charge is 0.481 e. The normalized spacial score (nSPS) is 10.0. The number of nitrogens with zero attached hydrogens (tertiary/aromatic N) is 4. The summed E-state index contributed by atoms with van der Waals surface area (Å²) in [5.41, 5.74) is 4.76. The first-order chi connectivity index (χ1) is 7.59. The average Bonchev–Trinajstić information content (AvgIpc) is 2.62. The lowest BCUT2D eigenvalue weighted by atomic mass is 10.7. The maximum atomic E-state index is 10.3. The lowest BCUT2D eigenvalue weighted by Gasteiger charge is -2.02. The molecular weight excluding hydrogens is 238 g/mol. The molecular formula is C6H9N5O4S. The van der Waals surface area contributed by atoms with Gasteiger partial charge >= 0.3 is 12.1 Å². The number of carbonyl (C=O) groups is 2. The zero-order valence-electron chi connectivity index (χ0n) is 8.07. The van der Waals surface area contributed by atoms with E-state index in [4.69, 9.17) is 10.8 Å². The van der Waals surface area contributed by atoms with Crippen molar-refractivity contribution in [2.75, 3.05) is 12.4 Å². The second-order valence-corrected chi connectivity index (χ2v) is 3.48. The highest BCUT2D eigenvalue weighted by molar-refractivity contribution is 7.99. The van der Waals surface area contributed by atoms with Crippen LogP contribution in [0.2, 0.25) is 0 Å². The molecule has 0 radical (unpaired) electrons. The van der Waals surface area contributed by atoms with Crippen molar-refractivity contribution in [2.24, 2.45) is 5.73 Å². The Hall–Kier alpha value is -1.84. The standard InChI is InChI=1S/C6H9N5O4S/c7-5(14)15-2-1-11-6(8-9-10-11)16-3-4(12)13/h1-3H2,(H2,7,14)(H,12,13). The van der Waals surface area contributed by atoms with Gasteiger partial charge in [0.25, 0.3) is 0 Å². The Kier molecular flexibility index (Phi) is 4.51. The lowest BCUT2D eigenvalue weighted by Crippen LogP contribution is -2.17. The Balaban J connectivity index is 2.43. The van der Waals surface area contributed by atoms with Gasteiger partial charge in [-0.1, -0.05) is 11.8 Å². The summed E-state index contributed by atoms with van der Waals surface area (Å²) in [5, 5.41) is 19.4. The fraction of sp³-hybridized carbons (Fsp3) is 0.500. The van der Waals surface area contributed by atoms with Gasteiger partial charge in [0.1, 0.15) is 6.61 Å². The number of hydrogen-bond acceptors (Lipinski definition) is 7. The van der Waals surface area contributed by atoms with E-state index in [1.807, 2.05) is 0 Å². The first-order valence-corrected chi connectivity index (χ1v) is 5.11. The molecule has 0 atom stereocenters. The van der Waals surface area contributed by atoms with Crippen molar-refractivity contribution in [1.29, 1.82) is 0 Å². The van der Waals surface area contributed by atoms with Crippen molar-refractivity contribution in [3.8, 4) is 0 Å². The number of ether oxygens (including phenoxy) is 1. The van der Waals surface area contributed by atoms with Crippen molar-refractivity contribution in [2.45, 2.75) is 11.7 Å². The molecule has 9 nitrogen and oxygen atoms in total. The first kappa shape index (κ1) is 12.2. The fourth-order valence-corrected chi connectivity index (χ4v) is 1.42. The first-order valence-electron chi connectivity index (χ1n) is 4.12. The fourth-order valence-electron chi connectivity index (χ4n) is 0.799. The molecule has 1 amide bonds. The lowest BCUT2D eigenvalue weighted by molar-refractivity contribution is -0.133. The maximum absolute atomic E-state index is 10.3. The molecule has 16 heavy (non-hydrogen) atoms. The molecule has 0 saturated carbocycles. The third-order valence-corrected chi connectivity index (χ3v) is 2.31. The van der Waals surface area contributed by atoms with Gasteiger partial charge in [0.15, 0.2) is 0 Å². The van der Waals surface area contributed by atoms with Crippen LogP contribution in [0.25, 0.3) is 0 Å². The second kappa shape index (κ2) is 5.90. The summed E-state index contributed by atoms with van der Waals surface area (Å²) >= 11 is 0.976. The van der Waals surface area contributed by atoms with Gasteiger partial charge in [0.05, 0.1) is 12.3 Å². The molecule has 0 spiro atoms. The van der Waals surface area contributed by atoms with Gasteiger partial charge < -0.3 is 15.6 Å².